The zero-order valence-corrected chi connectivity index (χ0v) is 26.9. The van der Waals surface area contributed by atoms with Gasteiger partial charge in [-0.25, -0.2) is 0 Å². The van der Waals surface area contributed by atoms with E-state index in [1.807, 2.05) is 27.7 Å². The van der Waals surface area contributed by atoms with Gasteiger partial charge in [0.1, 0.15) is 23.1 Å². The monoisotopic (exact) mass is 620 g/mol. The molecule has 0 heterocycles. The number of carboxylic acid groups (broad SMARTS) is 4. The fourth-order valence-electron chi connectivity index (χ4n) is 3.10. The van der Waals surface area contributed by atoms with Crippen LogP contribution >= 0.6 is 0 Å². The van der Waals surface area contributed by atoms with Gasteiger partial charge in [-0.3, -0.25) is 19.2 Å². The third kappa shape index (κ3) is 27.2. The summed E-state index contributed by atoms with van der Waals surface area (Å²) in [6, 6.07) is 0. The summed E-state index contributed by atoms with van der Waals surface area (Å²) in [5, 5.41) is 40.8. The molecule has 0 aromatic carbocycles. The summed E-state index contributed by atoms with van der Waals surface area (Å²) in [7, 11) is 0. The van der Waals surface area contributed by atoms with Crippen LogP contribution in [0.15, 0.2) is 0 Å². The van der Waals surface area contributed by atoms with Gasteiger partial charge in [0, 0.05) is 0 Å². The molecule has 41 heavy (non-hydrogen) atoms. The first-order valence-corrected chi connectivity index (χ1v) is 13.2. The van der Waals surface area contributed by atoms with Crippen molar-refractivity contribution in [3.63, 3.8) is 0 Å². The van der Waals surface area contributed by atoms with E-state index in [-0.39, 0.29) is 44.9 Å². The third-order valence-electron chi connectivity index (χ3n) is 5.41. The molecule has 0 bridgehead atoms. The van der Waals surface area contributed by atoms with E-state index in [0.717, 1.165) is 0 Å². The van der Waals surface area contributed by atoms with Crippen LogP contribution in [0.25, 0.3) is 0 Å². The zero-order valence-electron chi connectivity index (χ0n) is 25.4. The Morgan fingerprint density at radius 1 is 0.390 bits per heavy atom. The summed E-state index contributed by atoms with van der Waals surface area (Å²) in [5.74, 6) is -9.88. The van der Waals surface area contributed by atoms with Gasteiger partial charge in [-0.1, -0.05) is 53.4 Å². The van der Waals surface area contributed by atoms with Crippen LogP contribution in [0.4, 0.5) is 0 Å². The maximum atomic E-state index is 10.6. The van der Waals surface area contributed by atoms with Crippen LogP contribution in [0.1, 0.15) is 107 Å². The first kappa shape index (κ1) is 48.0. The second kappa shape index (κ2) is 28.8. The van der Waals surface area contributed by atoms with Crippen molar-refractivity contribution in [2.45, 2.75) is 107 Å². The molecule has 4 atom stereocenters. The molecule has 0 aromatic rings. The van der Waals surface area contributed by atoms with Gasteiger partial charge in [0.05, 0.1) is 47.5 Å². The molecule has 12 nitrogen and oxygen atoms in total. The Labute approximate surface area is 257 Å². The number of rotatable bonds is 16. The van der Waals surface area contributed by atoms with E-state index in [0.29, 0.717) is 51.4 Å². The van der Waals surface area contributed by atoms with E-state index in [1.54, 1.807) is 0 Å². The maximum Gasteiger partial charge on any atom is 4.00 e. The fourth-order valence-corrected chi connectivity index (χ4v) is 3.10. The number of hydrogen-bond donors (Lipinski definition) is 0. The van der Waals surface area contributed by atoms with E-state index in [4.69, 9.17) is 0 Å². The molecule has 0 saturated heterocycles. The van der Waals surface area contributed by atoms with Crippen LogP contribution in [0.3, 0.4) is 0 Å². The average Bonchev–Trinajstić information content (AvgIpc) is 2.82. The number of Topliss-reactive ketones (excluding diaryl/α,β-unsaturated/α-hetero) is 4. The van der Waals surface area contributed by atoms with Crippen LogP contribution in [0.2, 0.25) is 0 Å². The van der Waals surface area contributed by atoms with Gasteiger partial charge in [-0.05, 0) is 53.4 Å². The van der Waals surface area contributed by atoms with E-state index in [2.05, 4.69) is 0 Å². The van der Waals surface area contributed by atoms with Crippen molar-refractivity contribution in [3.05, 3.63) is 0 Å². The first-order valence-electron chi connectivity index (χ1n) is 13.2. The van der Waals surface area contributed by atoms with Gasteiger partial charge in [0.25, 0.3) is 0 Å². The standard InChI is InChI=1S/4C7H12O3.Ti/c4*1-3-4-6(5(2)8)7(9)10;/h4*6H,3-4H2,1-2H3,(H,9,10);/q;;;;+4/p-4. The number of aliphatic carboxylic acids is 4. The predicted octanol–water partition coefficient (Wildman–Crippen LogP) is -1.04. The number of carbonyl (C=O) groups excluding carboxylic acids is 8. The largest absolute Gasteiger partial charge is 4.00 e. The summed E-state index contributed by atoms with van der Waals surface area (Å²) in [6.45, 7) is 12.4. The van der Waals surface area contributed by atoms with Crippen molar-refractivity contribution < 1.29 is 80.5 Å². The van der Waals surface area contributed by atoms with Crippen molar-refractivity contribution in [1.29, 1.82) is 0 Å². The SMILES string of the molecule is CCCC(C(C)=O)C(=O)[O-].CCCC(C(C)=O)C(=O)[O-].CCCC(C(C)=O)C(=O)[O-].CCCC(C(C)=O)C(=O)[O-].[Ti+4]. The second-order valence-corrected chi connectivity index (χ2v) is 9.08. The van der Waals surface area contributed by atoms with Crippen LogP contribution in [-0.2, 0) is 60.1 Å². The smallest absolute Gasteiger partial charge is 0.549 e. The summed E-state index contributed by atoms with van der Waals surface area (Å²) in [4.78, 5) is 83.0. The summed E-state index contributed by atoms with van der Waals surface area (Å²) < 4.78 is 0. The van der Waals surface area contributed by atoms with Gasteiger partial charge in [-0.15, -0.1) is 0 Å². The molecule has 0 amide bonds. The van der Waals surface area contributed by atoms with Gasteiger partial charge in [0.15, 0.2) is 0 Å². The van der Waals surface area contributed by atoms with Gasteiger partial charge in [0.2, 0.25) is 0 Å². The number of ketones is 4. The van der Waals surface area contributed by atoms with Crippen LogP contribution in [0.5, 0.6) is 0 Å². The van der Waals surface area contributed by atoms with Crippen molar-refractivity contribution >= 4 is 47.0 Å². The molecule has 13 heteroatoms. The van der Waals surface area contributed by atoms with Crippen LogP contribution in [0, 0.1) is 23.7 Å². The molecule has 0 radical (unpaired) electrons. The molecule has 0 aliphatic carbocycles. The van der Waals surface area contributed by atoms with E-state index < -0.39 is 47.5 Å². The van der Waals surface area contributed by atoms with E-state index in [9.17, 15) is 58.8 Å². The van der Waals surface area contributed by atoms with Crippen molar-refractivity contribution in [3.8, 4) is 0 Å². The predicted molar refractivity (Wildman–Crippen MR) is 136 cm³/mol. The molecular formula is C28H44O12Ti. The maximum absolute atomic E-state index is 10.6. The van der Waals surface area contributed by atoms with Crippen LogP contribution < -0.4 is 20.4 Å². The Balaban J connectivity index is -0.000000139. The summed E-state index contributed by atoms with van der Waals surface area (Å²) in [5.41, 5.74) is 0. The molecule has 0 aromatic heterocycles. The Hall–Kier alpha value is -2.73. The molecule has 0 N–H and O–H groups in total. The third-order valence-corrected chi connectivity index (χ3v) is 5.41. The molecule has 0 saturated carbocycles. The van der Waals surface area contributed by atoms with Crippen LogP contribution in [-0.4, -0.2) is 47.0 Å². The Morgan fingerprint density at radius 3 is 0.537 bits per heavy atom. The first-order chi connectivity index (χ1) is 18.4. The molecular weight excluding hydrogens is 576 g/mol. The molecule has 0 aliphatic rings. The summed E-state index contributed by atoms with van der Waals surface area (Å²) >= 11 is 0. The fraction of sp³-hybridized carbons (Fsp3) is 0.714. The molecule has 232 valence electrons. The minimum atomic E-state index is -1.26. The quantitative estimate of drug-likeness (QED) is 0.149. The number of carboxylic acids is 4. The topological polar surface area (TPSA) is 229 Å². The Bertz CT molecular complexity index is 646. The van der Waals surface area contributed by atoms with Gasteiger partial charge in [-0.2, -0.15) is 0 Å². The number of hydrogen-bond acceptors (Lipinski definition) is 12. The Morgan fingerprint density at radius 2 is 0.512 bits per heavy atom. The van der Waals surface area contributed by atoms with Crippen molar-refractivity contribution in [1.82, 2.24) is 0 Å². The minimum Gasteiger partial charge on any atom is -0.549 e. The van der Waals surface area contributed by atoms with Crippen molar-refractivity contribution in [2.24, 2.45) is 23.7 Å². The molecule has 0 spiro atoms. The molecule has 0 aliphatic heterocycles. The van der Waals surface area contributed by atoms with Gasteiger partial charge >= 0.3 is 21.7 Å². The number of carbonyl (C=O) groups is 8. The zero-order chi connectivity index (χ0) is 32.6. The minimum absolute atomic E-state index is 0. The van der Waals surface area contributed by atoms with Gasteiger partial charge < -0.3 is 39.6 Å². The Kier molecular flexibility index (Phi) is 33.7. The molecule has 4 unspecified atom stereocenters. The van der Waals surface area contributed by atoms with Crippen molar-refractivity contribution in [2.75, 3.05) is 0 Å². The second-order valence-electron chi connectivity index (χ2n) is 9.08. The van der Waals surface area contributed by atoms with E-state index in [1.165, 1.54) is 27.7 Å². The normalized spacial score (nSPS) is 12.3. The molecule has 0 rings (SSSR count). The van der Waals surface area contributed by atoms with E-state index >= 15 is 0 Å². The summed E-state index contributed by atoms with van der Waals surface area (Å²) in [6.07, 6.45) is 4.32. The average molecular weight is 621 g/mol. The molecule has 0 fully saturated rings.